The average Bonchev–Trinajstić information content (AvgIpc) is 2.83. The molecule has 0 saturated heterocycles. The second-order valence-electron chi connectivity index (χ2n) is 9.12. The smallest absolute Gasteiger partial charge is 0.311 e. The molecule has 34 heavy (non-hydrogen) atoms. The van der Waals surface area contributed by atoms with Crippen molar-refractivity contribution in [2.45, 2.75) is 130 Å². The Morgan fingerprint density at radius 2 is 1.06 bits per heavy atom. The summed E-state index contributed by atoms with van der Waals surface area (Å²) in [5, 5.41) is 0. The molecule has 0 radical (unpaired) electrons. The van der Waals surface area contributed by atoms with E-state index in [1.807, 2.05) is 0 Å². The van der Waals surface area contributed by atoms with E-state index >= 15 is 0 Å². The molecule has 0 unspecified atom stereocenters. The zero-order valence-electron chi connectivity index (χ0n) is 22.0. The van der Waals surface area contributed by atoms with E-state index in [-0.39, 0.29) is 23.4 Å². The third-order valence-electron chi connectivity index (χ3n) is 5.86. The van der Waals surface area contributed by atoms with Crippen LogP contribution in [0.25, 0.3) is 0 Å². The Labute approximate surface area is 207 Å². The van der Waals surface area contributed by atoms with Crippen LogP contribution in [0.5, 0.6) is 17.2 Å². The van der Waals surface area contributed by atoms with E-state index < -0.39 is 0 Å². The number of carbonyl (C=O) groups excluding carboxylic acids is 2. The van der Waals surface area contributed by atoms with E-state index in [9.17, 15) is 9.59 Å². The summed E-state index contributed by atoms with van der Waals surface area (Å²) in [5.74, 6) is 0.337. The number of unbranched alkanes of at least 4 members (excludes halogenated alkanes) is 12. The zero-order valence-corrected chi connectivity index (χ0v) is 22.0. The largest absolute Gasteiger partial charge is 0.490 e. The molecule has 1 aromatic rings. The van der Waals surface area contributed by atoms with Crippen molar-refractivity contribution in [3.05, 3.63) is 18.2 Å². The molecule has 1 rings (SSSR count). The predicted molar refractivity (Wildman–Crippen MR) is 139 cm³/mol. The van der Waals surface area contributed by atoms with Gasteiger partial charge in [0.2, 0.25) is 5.75 Å². The highest BCUT2D eigenvalue weighted by molar-refractivity contribution is 5.77. The van der Waals surface area contributed by atoms with Crippen molar-refractivity contribution in [2.24, 2.45) is 0 Å². The van der Waals surface area contributed by atoms with Crippen LogP contribution in [0.2, 0.25) is 0 Å². The van der Waals surface area contributed by atoms with Crippen LogP contribution < -0.4 is 14.2 Å². The van der Waals surface area contributed by atoms with Crippen LogP contribution in [-0.2, 0) is 9.59 Å². The molecule has 0 aliphatic heterocycles. The monoisotopic (exact) mass is 476 g/mol. The van der Waals surface area contributed by atoms with Gasteiger partial charge in [-0.1, -0.05) is 104 Å². The highest BCUT2D eigenvalue weighted by Gasteiger charge is 2.19. The first-order valence-electron chi connectivity index (χ1n) is 13.8. The van der Waals surface area contributed by atoms with Crippen LogP contribution in [0.15, 0.2) is 18.2 Å². The summed E-state index contributed by atoms with van der Waals surface area (Å²) in [6, 6.07) is 5.21. The van der Waals surface area contributed by atoms with E-state index in [1.165, 1.54) is 38.5 Å². The van der Waals surface area contributed by atoms with Gasteiger partial charge in [-0.3, -0.25) is 9.59 Å². The lowest BCUT2D eigenvalue weighted by Crippen LogP contribution is -2.13. The van der Waals surface area contributed by atoms with Crippen LogP contribution in [-0.4, -0.2) is 18.5 Å². The zero-order chi connectivity index (χ0) is 24.9. The highest BCUT2D eigenvalue weighted by atomic mass is 16.6. The molecule has 194 valence electrons. The predicted octanol–water partition coefficient (Wildman–Crippen LogP) is 8.57. The molecular weight excluding hydrogens is 428 g/mol. The molecule has 0 fully saturated rings. The minimum Gasteiger partial charge on any atom is -0.490 e. The molecule has 0 saturated carbocycles. The Bertz CT molecular complexity index is 670. The van der Waals surface area contributed by atoms with Gasteiger partial charge in [-0.2, -0.15) is 0 Å². The maximum absolute atomic E-state index is 12.5. The van der Waals surface area contributed by atoms with E-state index in [0.29, 0.717) is 25.2 Å². The molecule has 0 aliphatic rings. The molecule has 0 atom stereocenters. The van der Waals surface area contributed by atoms with Crippen molar-refractivity contribution in [1.29, 1.82) is 0 Å². The van der Waals surface area contributed by atoms with Gasteiger partial charge in [-0.05, 0) is 31.4 Å². The van der Waals surface area contributed by atoms with Crippen LogP contribution in [0, 0.1) is 0 Å². The number of hydrogen-bond donors (Lipinski definition) is 0. The standard InChI is InChI=1S/C29H48O5/c1-4-7-10-12-14-16-22-27(30)33-26-21-19-20-25(32-24-18-9-6-3)29(26)34-28(31)23-17-15-13-11-8-5-2/h19-21H,4-18,22-24H2,1-3H3. The summed E-state index contributed by atoms with van der Waals surface area (Å²) in [6.07, 6.45) is 17.0. The van der Waals surface area contributed by atoms with Crippen LogP contribution in [0.1, 0.15) is 130 Å². The van der Waals surface area contributed by atoms with Crippen molar-refractivity contribution in [2.75, 3.05) is 6.61 Å². The van der Waals surface area contributed by atoms with Gasteiger partial charge in [0.25, 0.3) is 0 Å². The Hall–Kier alpha value is -2.04. The maximum atomic E-state index is 12.5. The summed E-state index contributed by atoms with van der Waals surface area (Å²) in [4.78, 5) is 25.0. The Morgan fingerprint density at radius 3 is 1.65 bits per heavy atom. The summed E-state index contributed by atoms with van der Waals surface area (Å²) < 4.78 is 17.2. The van der Waals surface area contributed by atoms with Crippen molar-refractivity contribution in [3.8, 4) is 17.2 Å². The van der Waals surface area contributed by atoms with Crippen molar-refractivity contribution in [3.63, 3.8) is 0 Å². The molecule has 0 heterocycles. The van der Waals surface area contributed by atoms with Gasteiger partial charge in [-0.25, -0.2) is 0 Å². The normalized spacial score (nSPS) is 10.8. The number of rotatable bonds is 21. The highest BCUT2D eigenvalue weighted by Crippen LogP contribution is 2.38. The third kappa shape index (κ3) is 14.3. The molecular formula is C29H48O5. The number of ether oxygens (including phenoxy) is 3. The van der Waals surface area contributed by atoms with Crippen LogP contribution in [0.3, 0.4) is 0 Å². The van der Waals surface area contributed by atoms with E-state index in [1.54, 1.807) is 18.2 Å². The molecule has 0 amide bonds. The first kappa shape index (κ1) is 30.0. The summed E-state index contributed by atoms with van der Waals surface area (Å²) in [5.41, 5.74) is 0. The van der Waals surface area contributed by atoms with Crippen molar-refractivity contribution >= 4 is 11.9 Å². The second kappa shape index (κ2) is 20.3. The average molecular weight is 477 g/mol. The fourth-order valence-corrected chi connectivity index (χ4v) is 3.76. The van der Waals surface area contributed by atoms with Crippen LogP contribution >= 0.6 is 0 Å². The lowest BCUT2D eigenvalue weighted by atomic mass is 10.1. The van der Waals surface area contributed by atoms with E-state index in [2.05, 4.69) is 20.8 Å². The lowest BCUT2D eigenvalue weighted by Gasteiger charge is -2.15. The van der Waals surface area contributed by atoms with Crippen molar-refractivity contribution < 1.29 is 23.8 Å². The molecule has 0 bridgehead atoms. The number of para-hydroxylation sites is 1. The quantitative estimate of drug-likeness (QED) is 0.101. The minimum atomic E-state index is -0.312. The summed E-state index contributed by atoms with van der Waals surface area (Å²) in [6.45, 7) is 7.05. The van der Waals surface area contributed by atoms with Gasteiger partial charge >= 0.3 is 11.9 Å². The van der Waals surface area contributed by atoms with Crippen molar-refractivity contribution in [1.82, 2.24) is 0 Å². The van der Waals surface area contributed by atoms with Gasteiger partial charge in [0.1, 0.15) is 0 Å². The Balaban J connectivity index is 2.68. The van der Waals surface area contributed by atoms with Gasteiger partial charge in [-0.15, -0.1) is 0 Å². The first-order valence-corrected chi connectivity index (χ1v) is 13.8. The van der Waals surface area contributed by atoms with Gasteiger partial charge < -0.3 is 14.2 Å². The molecule has 0 aromatic heterocycles. The topological polar surface area (TPSA) is 61.8 Å². The van der Waals surface area contributed by atoms with Gasteiger partial charge in [0.05, 0.1) is 6.61 Å². The fraction of sp³-hybridized carbons (Fsp3) is 0.724. The molecule has 5 heteroatoms. The summed E-state index contributed by atoms with van der Waals surface area (Å²) in [7, 11) is 0. The Kier molecular flexibility index (Phi) is 17.9. The van der Waals surface area contributed by atoms with Gasteiger partial charge in [0, 0.05) is 12.8 Å². The third-order valence-corrected chi connectivity index (χ3v) is 5.86. The molecule has 0 aliphatic carbocycles. The van der Waals surface area contributed by atoms with E-state index in [0.717, 1.165) is 57.8 Å². The minimum absolute atomic E-state index is 0.228. The van der Waals surface area contributed by atoms with E-state index in [4.69, 9.17) is 14.2 Å². The first-order chi connectivity index (χ1) is 16.6. The fourth-order valence-electron chi connectivity index (χ4n) is 3.76. The molecule has 5 nitrogen and oxygen atoms in total. The number of carbonyl (C=O) groups is 2. The Morgan fingerprint density at radius 1 is 0.588 bits per heavy atom. The molecule has 1 aromatic carbocycles. The lowest BCUT2D eigenvalue weighted by molar-refractivity contribution is -0.137. The maximum Gasteiger partial charge on any atom is 0.311 e. The number of hydrogen-bond acceptors (Lipinski definition) is 5. The SMILES string of the molecule is CCCCCCCCC(=O)Oc1cccc(OCCCCC)c1OC(=O)CCCCCCCC. The van der Waals surface area contributed by atoms with Gasteiger partial charge in [0.15, 0.2) is 11.5 Å². The summed E-state index contributed by atoms with van der Waals surface area (Å²) >= 11 is 0. The van der Waals surface area contributed by atoms with Crippen LogP contribution in [0.4, 0.5) is 0 Å². The molecule has 0 spiro atoms. The second-order valence-corrected chi connectivity index (χ2v) is 9.12. The molecule has 0 N–H and O–H groups in total. The number of esters is 2. The number of benzene rings is 1.